The molecule has 32 heavy (non-hydrogen) atoms. The van der Waals surface area contributed by atoms with E-state index in [0.29, 0.717) is 37.3 Å². The molecule has 3 heterocycles. The van der Waals surface area contributed by atoms with Crippen LogP contribution in [-0.4, -0.2) is 46.5 Å². The molecule has 170 valence electrons. The van der Waals surface area contributed by atoms with Gasteiger partial charge in [0.25, 0.3) is 0 Å². The smallest absolute Gasteiger partial charge is 0.323 e. The topological polar surface area (TPSA) is 48.5 Å². The quantitative estimate of drug-likeness (QED) is 0.705. The van der Waals surface area contributed by atoms with E-state index in [0.717, 1.165) is 42.7 Å². The van der Waals surface area contributed by atoms with E-state index in [4.69, 9.17) is 0 Å². The zero-order chi connectivity index (χ0) is 22.5. The van der Waals surface area contributed by atoms with Gasteiger partial charge in [0, 0.05) is 56.6 Å². The van der Waals surface area contributed by atoms with Gasteiger partial charge in [-0.15, -0.1) is 0 Å². The van der Waals surface area contributed by atoms with Crippen molar-refractivity contribution in [3.63, 3.8) is 0 Å². The lowest BCUT2D eigenvalue weighted by molar-refractivity contribution is -0.137. The number of amides is 2. The van der Waals surface area contributed by atoms with Crippen LogP contribution in [0.25, 0.3) is 0 Å². The number of nitrogens with zero attached hydrogens (tertiary/aromatic N) is 3. The standard InChI is InChI=1S/C23H24F4N4O/c24-17-3-1-14-2-4-21(19(14)10-17)29-18-5-7-31(13-18)22(32)30-8-6-20-15(12-30)9-16(11-28-20)23(25,26)27/h1,3,9-11,18,21,29H,2,4-8,12-13H2. The van der Waals surface area contributed by atoms with E-state index in [-0.39, 0.29) is 30.5 Å². The number of pyridine rings is 1. The number of carbonyl (C=O) groups is 1. The number of nitrogens with one attached hydrogen (secondary N) is 1. The van der Waals surface area contributed by atoms with Gasteiger partial charge >= 0.3 is 12.2 Å². The third kappa shape index (κ3) is 4.05. The molecule has 9 heteroatoms. The largest absolute Gasteiger partial charge is 0.417 e. The summed E-state index contributed by atoms with van der Waals surface area (Å²) in [4.78, 5) is 20.4. The number of urea groups is 1. The summed E-state index contributed by atoms with van der Waals surface area (Å²) in [5.41, 5.74) is 2.45. The lowest BCUT2D eigenvalue weighted by atomic mass is 10.0. The van der Waals surface area contributed by atoms with Gasteiger partial charge in [0.1, 0.15) is 5.82 Å². The molecular weight excluding hydrogens is 424 g/mol. The molecule has 0 bridgehead atoms. The van der Waals surface area contributed by atoms with E-state index in [1.807, 2.05) is 6.07 Å². The van der Waals surface area contributed by atoms with Gasteiger partial charge in [-0.2, -0.15) is 13.2 Å². The van der Waals surface area contributed by atoms with Crippen LogP contribution in [-0.2, 0) is 25.6 Å². The minimum Gasteiger partial charge on any atom is -0.323 e. The maximum atomic E-state index is 13.7. The van der Waals surface area contributed by atoms with Gasteiger partial charge in [0.15, 0.2) is 0 Å². The van der Waals surface area contributed by atoms with Gasteiger partial charge in [0.05, 0.1) is 5.56 Å². The number of rotatable bonds is 2. The molecule has 1 fully saturated rings. The maximum absolute atomic E-state index is 13.7. The molecule has 2 amide bonds. The molecule has 2 aliphatic heterocycles. The summed E-state index contributed by atoms with van der Waals surface area (Å²) in [6.45, 7) is 1.69. The lowest BCUT2D eigenvalue weighted by Gasteiger charge is -2.32. The van der Waals surface area contributed by atoms with Crippen LogP contribution < -0.4 is 5.32 Å². The van der Waals surface area contributed by atoms with Gasteiger partial charge < -0.3 is 15.1 Å². The number of halogens is 4. The van der Waals surface area contributed by atoms with Gasteiger partial charge in [-0.1, -0.05) is 6.07 Å². The maximum Gasteiger partial charge on any atom is 0.417 e. The average Bonchev–Trinajstić information content (AvgIpc) is 3.39. The second-order valence-corrected chi connectivity index (χ2v) is 8.81. The Hall–Kier alpha value is -2.68. The third-order valence-electron chi connectivity index (χ3n) is 6.72. The summed E-state index contributed by atoms with van der Waals surface area (Å²) in [6, 6.07) is 6.04. The molecule has 2 aromatic rings. The monoisotopic (exact) mass is 448 g/mol. The minimum absolute atomic E-state index is 0.0782. The Balaban J connectivity index is 1.21. The Morgan fingerprint density at radius 2 is 1.91 bits per heavy atom. The van der Waals surface area contributed by atoms with E-state index < -0.39 is 11.7 Å². The Kier molecular flexibility index (Phi) is 5.31. The first-order chi connectivity index (χ1) is 15.3. The normalized spacial score (nSPS) is 22.8. The van der Waals surface area contributed by atoms with Crippen LogP contribution in [0.4, 0.5) is 22.4 Å². The van der Waals surface area contributed by atoms with Crippen molar-refractivity contribution in [1.29, 1.82) is 0 Å². The van der Waals surface area contributed by atoms with Crippen LogP contribution in [0.5, 0.6) is 0 Å². The summed E-state index contributed by atoms with van der Waals surface area (Å²) in [5.74, 6) is -0.241. The first kappa shape index (κ1) is 21.2. The predicted molar refractivity (Wildman–Crippen MR) is 109 cm³/mol. The first-order valence-electron chi connectivity index (χ1n) is 10.9. The van der Waals surface area contributed by atoms with Crippen LogP contribution >= 0.6 is 0 Å². The van der Waals surface area contributed by atoms with Gasteiger partial charge in [0.2, 0.25) is 0 Å². The highest BCUT2D eigenvalue weighted by Crippen LogP contribution is 2.33. The number of hydrogen-bond donors (Lipinski definition) is 1. The van der Waals surface area contributed by atoms with Crippen molar-refractivity contribution >= 4 is 6.03 Å². The molecule has 1 aromatic carbocycles. The summed E-state index contributed by atoms with van der Waals surface area (Å²) in [7, 11) is 0. The van der Waals surface area contributed by atoms with E-state index in [1.165, 1.54) is 6.07 Å². The molecule has 1 aromatic heterocycles. The third-order valence-corrected chi connectivity index (χ3v) is 6.72. The van der Waals surface area contributed by atoms with Gasteiger partial charge in [-0.3, -0.25) is 4.98 Å². The number of aryl methyl sites for hydroxylation is 1. The fourth-order valence-corrected chi connectivity index (χ4v) is 5.05. The van der Waals surface area contributed by atoms with Crippen molar-refractivity contribution in [1.82, 2.24) is 20.1 Å². The molecule has 0 spiro atoms. The highest BCUT2D eigenvalue weighted by Gasteiger charge is 2.35. The van der Waals surface area contributed by atoms with E-state index in [9.17, 15) is 22.4 Å². The zero-order valence-corrected chi connectivity index (χ0v) is 17.5. The van der Waals surface area contributed by atoms with Crippen LogP contribution in [0.15, 0.2) is 30.5 Å². The second kappa shape index (κ2) is 8.03. The van der Waals surface area contributed by atoms with Crippen molar-refractivity contribution < 1.29 is 22.4 Å². The molecule has 2 atom stereocenters. The molecule has 1 saturated heterocycles. The number of likely N-dealkylation sites (tertiary alicyclic amines) is 1. The van der Waals surface area contributed by atoms with Crippen molar-refractivity contribution in [2.75, 3.05) is 19.6 Å². The number of fused-ring (bicyclic) bond motifs is 2. The highest BCUT2D eigenvalue weighted by atomic mass is 19.4. The van der Waals surface area contributed by atoms with E-state index in [2.05, 4.69) is 10.3 Å². The fourth-order valence-electron chi connectivity index (χ4n) is 5.05. The second-order valence-electron chi connectivity index (χ2n) is 8.81. The Bertz CT molecular complexity index is 1040. The van der Waals surface area contributed by atoms with Gasteiger partial charge in [-0.25, -0.2) is 9.18 Å². The van der Waals surface area contributed by atoms with Crippen molar-refractivity contribution in [2.24, 2.45) is 0 Å². The summed E-state index contributed by atoms with van der Waals surface area (Å²) >= 11 is 0. The molecule has 1 N–H and O–H groups in total. The predicted octanol–water partition coefficient (Wildman–Crippen LogP) is 4.07. The summed E-state index contributed by atoms with van der Waals surface area (Å²) in [5, 5.41) is 3.57. The Morgan fingerprint density at radius 3 is 2.72 bits per heavy atom. The molecule has 5 nitrogen and oxygen atoms in total. The van der Waals surface area contributed by atoms with Crippen molar-refractivity contribution in [2.45, 2.75) is 50.5 Å². The van der Waals surface area contributed by atoms with Gasteiger partial charge in [-0.05, 0) is 54.2 Å². The molecular formula is C23H24F4N4O. The molecule has 3 aliphatic rings. The Morgan fingerprint density at radius 1 is 1.06 bits per heavy atom. The van der Waals surface area contributed by atoms with Crippen LogP contribution in [0.2, 0.25) is 0 Å². The summed E-state index contributed by atoms with van der Waals surface area (Å²) < 4.78 is 52.7. The van der Waals surface area contributed by atoms with E-state index in [1.54, 1.807) is 15.9 Å². The molecule has 1 aliphatic carbocycles. The van der Waals surface area contributed by atoms with Crippen molar-refractivity contribution in [3.8, 4) is 0 Å². The number of aromatic nitrogens is 1. The van der Waals surface area contributed by atoms with E-state index >= 15 is 0 Å². The molecule has 5 rings (SSSR count). The zero-order valence-electron chi connectivity index (χ0n) is 17.5. The molecule has 0 saturated carbocycles. The lowest BCUT2D eigenvalue weighted by Crippen LogP contribution is -2.45. The first-order valence-corrected chi connectivity index (χ1v) is 10.9. The average molecular weight is 448 g/mol. The number of alkyl halides is 3. The summed E-state index contributed by atoms with van der Waals surface area (Å²) in [6.07, 6.45) is -0.551. The molecule has 2 unspecified atom stereocenters. The van der Waals surface area contributed by atoms with Crippen LogP contribution in [0, 0.1) is 5.82 Å². The fraction of sp³-hybridized carbons (Fsp3) is 0.478. The number of hydrogen-bond acceptors (Lipinski definition) is 3. The number of benzene rings is 1. The van der Waals surface area contributed by atoms with Crippen molar-refractivity contribution in [3.05, 3.63) is 64.2 Å². The minimum atomic E-state index is -4.45. The number of carbonyl (C=O) groups excluding carboxylic acids is 1. The Labute approximate surface area is 183 Å². The highest BCUT2D eigenvalue weighted by molar-refractivity contribution is 5.75. The van der Waals surface area contributed by atoms with Crippen LogP contribution in [0.1, 0.15) is 46.8 Å². The molecule has 0 radical (unpaired) electrons. The van der Waals surface area contributed by atoms with Crippen LogP contribution in [0.3, 0.4) is 0 Å². The SMILES string of the molecule is O=C(N1CCc2ncc(C(F)(F)F)cc2C1)N1CCC(NC2CCc3ccc(F)cc32)C1.